The summed E-state index contributed by atoms with van der Waals surface area (Å²) in [6.07, 6.45) is 7.28. The first-order valence-corrected chi connectivity index (χ1v) is 10.8. The molecule has 7 nitrogen and oxygen atoms in total. The lowest BCUT2D eigenvalue weighted by molar-refractivity contribution is 0.231. The van der Waals surface area contributed by atoms with Crippen molar-refractivity contribution in [1.29, 1.82) is 0 Å². The second kappa shape index (κ2) is 10.3. The highest BCUT2D eigenvalue weighted by Gasteiger charge is 2.23. The number of nitrogens with zero attached hydrogens (tertiary/aromatic N) is 3. The van der Waals surface area contributed by atoms with Gasteiger partial charge in [0.05, 0.1) is 5.52 Å². The van der Waals surface area contributed by atoms with E-state index in [0.29, 0.717) is 12.0 Å². The summed E-state index contributed by atoms with van der Waals surface area (Å²) >= 11 is 0. The van der Waals surface area contributed by atoms with Crippen LogP contribution in [0, 0.1) is 0 Å². The van der Waals surface area contributed by atoms with Gasteiger partial charge in [0.1, 0.15) is 5.82 Å². The van der Waals surface area contributed by atoms with Crippen LogP contribution in [0.4, 0.5) is 16.6 Å². The van der Waals surface area contributed by atoms with Crippen molar-refractivity contribution >= 4 is 28.7 Å². The number of urea groups is 1. The van der Waals surface area contributed by atoms with Crippen LogP contribution in [0.25, 0.3) is 10.9 Å². The van der Waals surface area contributed by atoms with Gasteiger partial charge in [-0.3, -0.25) is 0 Å². The quantitative estimate of drug-likeness (QED) is 0.587. The number of unbranched alkanes of at least 4 members (excludes halogenated alkanes) is 2. The second-order valence-electron chi connectivity index (χ2n) is 8.08. The van der Waals surface area contributed by atoms with Gasteiger partial charge in [-0.05, 0) is 44.2 Å². The molecule has 7 heteroatoms. The Morgan fingerprint density at radius 1 is 1.07 bits per heavy atom. The number of nitrogens with one attached hydrogen (secondary N) is 3. The van der Waals surface area contributed by atoms with Crippen molar-refractivity contribution in [3.05, 3.63) is 24.3 Å². The zero-order valence-electron chi connectivity index (χ0n) is 17.9. The number of hydrogen-bond donors (Lipinski definition) is 3. The first-order chi connectivity index (χ1) is 14.1. The third-order valence-corrected chi connectivity index (χ3v) is 5.47. The maximum atomic E-state index is 12.0. The summed E-state index contributed by atoms with van der Waals surface area (Å²) in [6, 6.07) is 8.63. The van der Waals surface area contributed by atoms with E-state index in [9.17, 15) is 4.79 Å². The van der Waals surface area contributed by atoms with E-state index in [1.54, 1.807) is 0 Å². The Hall–Kier alpha value is -2.57. The van der Waals surface area contributed by atoms with E-state index >= 15 is 0 Å². The number of carbonyl (C=O) groups excluding carboxylic acids is 1. The molecule has 1 aliphatic carbocycles. The monoisotopic (exact) mass is 398 g/mol. The minimum Gasteiger partial charge on any atom is -0.362 e. The molecule has 1 fully saturated rings. The molecule has 1 heterocycles. The third kappa shape index (κ3) is 5.95. The van der Waals surface area contributed by atoms with E-state index in [-0.39, 0.29) is 12.1 Å². The topological polar surface area (TPSA) is 82.2 Å². The first kappa shape index (κ1) is 21.1. The first-order valence-electron chi connectivity index (χ1n) is 10.8. The summed E-state index contributed by atoms with van der Waals surface area (Å²) in [5.74, 6) is 1.60. The molecule has 0 saturated heterocycles. The Bertz CT molecular complexity index is 801. The van der Waals surface area contributed by atoms with Crippen LogP contribution in [-0.2, 0) is 0 Å². The van der Waals surface area contributed by atoms with Gasteiger partial charge in [-0.2, -0.15) is 4.98 Å². The smallest absolute Gasteiger partial charge is 0.315 e. The molecule has 0 unspecified atom stereocenters. The molecule has 0 atom stereocenters. The average molecular weight is 399 g/mol. The van der Waals surface area contributed by atoms with Crippen LogP contribution in [0.1, 0.15) is 51.9 Å². The van der Waals surface area contributed by atoms with E-state index < -0.39 is 0 Å². The number of para-hydroxylation sites is 1. The van der Waals surface area contributed by atoms with Crippen LogP contribution in [0.2, 0.25) is 0 Å². The average Bonchev–Trinajstić information content (AvgIpc) is 2.72. The highest BCUT2D eigenvalue weighted by Crippen LogP contribution is 2.26. The normalized spacial score (nSPS) is 19.0. The Balaban J connectivity index is 1.51. The molecule has 2 amide bonds. The second-order valence-corrected chi connectivity index (χ2v) is 8.08. The predicted octanol–water partition coefficient (Wildman–Crippen LogP) is 3.91. The van der Waals surface area contributed by atoms with Crippen molar-refractivity contribution in [3.63, 3.8) is 0 Å². The summed E-state index contributed by atoms with van der Waals surface area (Å²) in [4.78, 5) is 23.5. The number of carbonyl (C=O) groups is 1. The number of hydrogen-bond acceptors (Lipinski definition) is 5. The molecular weight excluding hydrogens is 364 g/mol. The molecule has 0 spiro atoms. The van der Waals surface area contributed by atoms with Gasteiger partial charge >= 0.3 is 6.03 Å². The Morgan fingerprint density at radius 2 is 1.79 bits per heavy atom. The van der Waals surface area contributed by atoms with Crippen molar-refractivity contribution in [1.82, 2.24) is 20.6 Å². The van der Waals surface area contributed by atoms with Gasteiger partial charge in [0.25, 0.3) is 0 Å². The molecule has 3 rings (SSSR count). The van der Waals surface area contributed by atoms with Crippen LogP contribution in [0.3, 0.4) is 0 Å². The van der Waals surface area contributed by atoms with Gasteiger partial charge in [0.15, 0.2) is 0 Å². The summed E-state index contributed by atoms with van der Waals surface area (Å²) in [5.41, 5.74) is 0.948. The molecule has 0 radical (unpaired) electrons. The molecule has 0 bridgehead atoms. The van der Waals surface area contributed by atoms with Crippen molar-refractivity contribution in [2.75, 3.05) is 30.9 Å². The number of rotatable bonds is 8. The van der Waals surface area contributed by atoms with Crippen molar-refractivity contribution in [3.8, 4) is 0 Å². The number of benzene rings is 1. The summed E-state index contributed by atoms with van der Waals surface area (Å²) in [7, 11) is 4.01. The van der Waals surface area contributed by atoms with Crippen LogP contribution >= 0.6 is 0 Å². The zero-order valence-corrected chi connectivity index (χ0v) is 17.9. The van der Waals surface area contributed by atoms with E-state index in [1.165, 1.54) is 0 Å². The highest BCUT2D eigenvalue weighted by molar-refractivity contribution is 5.90. The Morgan fingerprint density at radius 3 is 2.52 bits per heavy atom. The molecule has 1 aliphatic rings. The number of amides is 2. The summed E-state index contributed by atoms with van der Waals surface area (Å²) in [5, 5.41) is 10.6. The van der Waals surface area contributed by atoms with Crippen LogP contribution in [0.15, 0.2) is 24.3 Å². The van der Waals surface area contributed by atoms with Gasteiger partial charge in [-0.15, -0.1) is 0 Å². The molecule has 2 aromatic rings. The van der Waals surface area contributed by atoms with E-state index in [1.807, 2.05) is 37.2 Å². The fraction of sp³-hybridized carbons (Fsp3) is 0.591. The van der Waals surface area contributed by atoms with Crippen molar-refractivity contribution < 1.29 is 4.79 Å². The molecule has 3 N–H and O–H groups in total. The molecule has 0 aliphatic heterocycles. The largest absolute Gasteiger partial charge is 0.362 e. The lowest BCUT2D eigenvalue weighted by Crippen LogP contribution is -2.45. The molecule has 1 aromatic carbocycles. The highest BCUT2D eigenvalue weighted by atomic mass is 16.2. The van der Waals surface area contributed by atoms with Crippen LogP contribution < -0.4 is 20.9 Å². The Kier molecular flexibility index (Phi) is 7.49. The van der Waals surface area contributed by atoms with Gasteiger partial charge < -0.3 is 20.9 Å². The maximum Gasteiger partial charge on any atom is 0.315 e. The van der Waals surface area contributed by atoms with Crippen molar-refractivity contribution in [2.24, 2.45) is 0 Å². The molecule has 29 heavy (non-hydrogen) atoms. The molecule has 1 aromatic heterocycles. The summed E-state index contributed by atoms with van der Waals surface area (Å²) < 4.78 is 0. The number of anilines is 2. The van der Waals surface area contributed by atoms with Crippen molar-refractivity contribution in [2.45, 2.75) is 64.0 Å². The SMILES string of the molecule is CCCCCNC(=O)N[C@H]1CC[C@@H](Nc2nc(N(C)C)c3ccccc3n2)CC1. The minimum absolute atomic E-state index is 0.0361. The zero-order chi connectivity index (χ0) is 20.6. The predicted molar refractivity (Wildman–Crippen MR) is 120 cm³/mol. The third-order valence-electron chi connectivity index (χ3n) is 5.47. The van der Waals surface area contributed by atoms with Gasteiger partial charge in [-0.1, -0.05) is 31.9 Å². The summed E-state index contributed by atoms with van der Waals surface area (Å²) in [6.45, 7) is 2.92. The molecular formula is C22H34N6O. The fourth-order valence-corrected chi connectivity index (χ4v) is 3.84. The number of aromatic nitrogens is 2. The van der Waals surface area contributed by atoms with E-state index in [4.69, 9.17) is 9.97 Å². The molecule has 1 saturated carbocycles. The lowest BCUT2D eigenvalue weighted by Gasteiger charge is -2.30. The van der Waals surface area contributed by atoms with Gasteiger partial charge in [-0.25, -0.2) is 9.78 Å². The van der Waals surface area contributed by atoms with E-state index in [0.717, 1.165) is 68.2 Å². The van der Waals surface area contributed by atoms with Crippen LogP contribution in [0.5, 0.6) is 0 Å². The lowest BCUT2D eigenvalue weighted by atomic mass is 9.91. The standard InChI is InChI=1S/C22H34N6O/c1-4-5-8-15-23-22(29)25-17-13-11-16(12-14-17)24-21-26-19-10-7-6-9-18(19)20(27-21)28(2)3/h6-7,9-10,16-17H,4-5,8,11-15H2,1-3H3,(H2,23,25,29)(H,24,26,27)/t16-,17+. The number of fused-ring (bicyclic) bond motifs is 1. The minimum atomic E-state index is -0.0361. The van der Waals surface area contributed by atoms with Crippen LogP contribution in [-0.4, -0.2) is 48.7 Å². The Labute approximate surface area is 173 Å². The van der Waals surface area contributed by atoms with Gasteiger partial charge in [0.2, 0.25) is 5.95 Å². The molecule has 158 valence electrons. The maximum absolute atomic E-state index is 12.0. The van der Waals surface area contributed by atoms with E-state index in [2.05, 4.69) is 28.9 Å². The fourth-order valence-electron chi connectivity index (χ4n) is 3.84. The van der Waals surface area contributed by atoms with Gasteiger partial charge in [0, 0.05) is 38.1 Å².